The summed E-state index contributed by atoms with van der Waals surface area (Å²) in [7, 11) is 0. The number of nitro groups is 2. The lowest BCUT2D eigenvalue weighted by molar-refractivity contribution is -0.393. The number of carbonyl (C=O) groups is 1. The van der Waals surface area contributed by atoms with Crippen LogP contribution in [0.3, 0.4) is 0 Å². The summed E-state index contributed by atoms with van der Waals surface area (Å²) >= 11 is 0. The van der Waals surface area contributed by atoms with Gasteiger partial charge in [0.15, 0.2) is 0 Å². The molecule has 0 fully saturated rings. The molecule has 25 heavy (non-hydrogen) atoms. The third-order valence-electron chi connectivity index (χ3n) is 3.05. The van der Waals surface area contributed by atoms with Gasteiger partial charge in [-0.2, -0.15) is 5.10 Å². The van der Waals surface area contributed by atoms with Gasteiger partial charge in [0.1, 0.15) is 11.4 Å². The van der Waals surface area contributed by atoms with Crippen molar-refractivity contribution >= 4 is 29.2 Å². The van der Waals surface area contributed by atoms with Gasteiger partial charge in [-0.1, -0.05) is 0 Å². The van der Waals surface area contributed by atoms with Crippen molar-refractivity contribution in [3.8, 4) is 5.75 Å². The van der Waals surface area contributed by atoms with E-state index in [2.05, 4.69) is 10.5 Å². The lowest BCUT2D eigenvalue weighted by Gasteiger charge is -2.03. The standard InChI is InChI=1S/C14H10N4O7/c19-13-4-1-8(14(20)21)5-9(13)7-15-16-11-3-2-10(17(22)23)6-12(11)18(24)25/h1-7,16,19H,(H,20,21)/b15-7+. The van der Waals surface area contributed by atoms with Crippen LogP contribution in [-0.2, 0) is 0 Å². The summed E-state index contributed by atoms with van der Waals surface area (Å²) in [5.74, 6) is -1.44. The number of carboxylic acid groups (broad SMARTS) is 1. The Bertz CT molecular complexity index is 895. The molecule has 0 heterocycles. The van der Waals surface area contributed by atoms with Crippen LogP contribution < -0.4 is 5.43 Å². The Morgan fingerprint density at radius 2 is 1.84 bits per heavy atom. The Kier molecular flexibility index (Phi) is 4.88. The van der Waals surface area contributed by atoms with Gasteiger partial charge in [-0.15, -0.1) is 0 Å². The number of rotatable bonds is 6. The van der Waals surface area contributed by atoms with Gasteiger partial charge in [-0.05, 0) is 24.3 Å². The molecule has 0 saturated heterocycles. The second kappa shape index (κ2) is 7.04. The molecule has 128 valence electrons. The molecule has 0 aliphatic heterocycles. The zero-order chi connectivity index (χ0) is 18.6. The monoisotopic (exact) mass is 346 g/mol. The maximum Gasteiger partial charge on any atom is 0.335 e. The maximum atomic E-state index is 11.0. The molecule has 0 spiro atoms. The molecule has 0 bridgehead atoms. The van der Waals surface area contributed by atoms with E-state index < -0.39 is 27.2 Å². The first-order chi connectivity index (χ1) is 11.8. The van der Waals surface area contributed by atoms with Crippen LogP contribution in [0.4, 0.5) is 17.1 Å². The zero-order valence-corrected chi connectivity index (χ0v) is 12.3. The fourth-order valence-electron chi connectivity index (χ4n) is 1.84. The number of nitrogens with zero attached hydrogens (tertiary/aromatic N) is 3. The van der Waals surface area contributed by atoms with Crippen molar-refractivity contribution in [2.45, 2.75) is 0 Å². The van der Waals surface area contributed by atoms with Crippen LogP contribution in [0.5, 0.6) is 5.75 Å². The largest absolute Gasteiger partial charge is 0.507 e. The molecule has 0 aliphatic rings. The first-order valence-corrected chi connectivity index (χ1v) is 6.58. The molecule has 0 saturated carbocycles. The Balaban J connectivity index is 2.28. The molecule has 2 aromatic carbocycles. The number of aromatic carboxylic acids is 1. The number of phenolic OH excluding ortho intramolecular Hbond substituents is 1. The van der Waals surface area contributed by atoms with Crippen LogP contribution >= 0.6 is 0 Å². The van der Waals surface area contributed by atoms with Gasteiger partial charge in [-0.25, -0.2) is 4.79 Å². The number of carboxylic acids is 1. The normalized spacial score (nSPS) is 10.6. The van der Waals surface area contributed by atoms with Crippen molar-refractivity contribution in [3.63, 3.8) is 0 Å². The third-order valence-corrected chi connectivity index (χ3v) is 3.05. The van der Waals surface area contributed by atoms with Gasteiger partial charge >= 0.3 is 11.7 Å². The first-order valence-electron chi connectivity index (χ1n) is 6.58. The highest BCUT2D eigenvalue weighted by molar-refractivity contribution is 5.92. The van der Waals surface area contributed by atoms with Crippen LogP contribution in [0, 0.1) is 20.2 Å². The van der Waals surface area contributed by atoms with Crippen molar-refractivity contribution < 1.29 is 24.9 Å². The minimum atomic E-state index is -1.20. The van der Waals surface area contributed by atoms with Gasteiger partial charge in [0.2, 0.25) is 0 Å². The molecule has 0 aliphatic carbocycles. The van der Waals surface area contributed by atoms with Crippen LogP contribution in [0.2, 0.25) is 0 Å². The molecule has 11 nitrogen and oxygen atoms in total. The number of anilines is 1. The maximum absolute atomic E-state index is 11.0. The summed E-state index contributed by atoms with van der Waals surface area (Å²) in [4.78, 5) is 31.0. The number of benzene rings is 2. The molecule has 0 aromatic heterocycles. The molecule has 0 unspecified atom stereocenters. The smallest absolute Gasteiger partial charge is 0.335 e. The van der Waals surface area contributed by atoms with E-state index in [0.717, 1.165) is 30.5 Å². The summed E-state index contributed by atoms with van der Waals surface area (Å²) in [5.41, 5.74) is 1.19. The Hall–Kier alpha value is -4.02. The predicted molar refractivity (Wildman–Crippen MR) is 86.0 cm³/mol. The number of hydrogen-bond donors (Lipinski definition) is 3. The quantitative estimate of drug-likeness (QED) is 0.406. The second-order valence-corrected chi connectivity index (χ2v) is 4.66. The molecular weight excluding hydrogens is 336 g/mol. The van der Waals surface area contributed by atoms with Crippen LogP contribution in [0.1, 0.15) is 15.9 Å². The number of hydrazone groups is 1. The van der Waals surface area contributed by atoms with Gasteiger partial charge in [0, 0.05) is 11.6 Å². The van der Waals surface area contributed by atoms with E-state index in [-0.39, 0.29) is 22.6 Å². The average molecular weight is 346 g/mol. The fraction of sp³-hybridized carbons (Fsp3) is 0. The van der Waals surface area contributed by atoms with Crippen LogP contribution in [-0.4, -0.2) is 32.2 Å². The molecule has 11 heteroatoms. The highest BCUT2D eigenvalue weighted by atomic mass is 16.6. The van der Waals surface area contributed by atoms with Crippen molar-refractivity contribution in [1.82, 2.24) is 0 Å². The fourth-order valence-corrected chi connectivity index (χ4v) is 1.84. The van der Waals surface area contributed by atoms with E-state index in [9.17, 15) is 30.1 Å². The van der Waals surface area contributed by atoms with Crippen LogP contribution in [0.25, 0.3) is 0 Å². The minimum absolute atomic E-state index is 0.0666. The molecular formula is C14H10N4O7. The topological polar surface area (TPSA) is 168 Å². The average Bonchev–Trinajstić information content (AvgIpc) is 2.56. The Labute approximate surface area is 139 Å². The molecule has 0 radical (unpaired) electrons. The summed E-state index contributed by atoms with van der Waals surface area (Å²) in [6.07, 6.45) is 1.06. The number of hydrogen-bond acceptors (Lipinski definition) is 8. The van der Waals surface area contributed by atoms with Crippen molar-refractivity contribution in [1.29, 1.82) is 0 Å². The summed E-state index contributed by atoms with van der Waals surface area (Å²) in [6.45, 7) is 0. The number of nitrogens with one attached hydrogen (secondary N) is 1. The van der Waals surface area contributed by atoms with Gasteiger partial charge in [0.25, 0.3) is 5.69 Å². The van der Waals surface area contributed by atoms with Gasteiger partial charge < -0.3 is 10.2 Å². The SMILES string of the molecule is O=C(O)c1ccc(O)c(/C=N/Nc2ccc([N+](=O)[O-])cc2[N+](=O)[O-])c1. The highest BCUT2D eigenvalue weighted by Crippen LogP contribution is 2.29. The number of aromatic hydroxyl groups is 1. The third kappa shape index (κ3) is 4.04. The Morgan fingerprint density at radius 3 is 2.44 bits per heavy atom. The summed E-state index contributed by atoms with van der Waals surface area (Å²) < 4.78 is 0. The van der Waals surface area contributed by atoms with Crippen molar-refractivity contribution in [2.75, 3.05) is 5.43 Å². The second-order valence-electron chi connectivity index (χ2n) is 4.66. The number of non-ortho nitro benzene ring substituents is 1. The van der Waals surface area contributed by atoms with Gasteiger partial charge in [-0.3, -0.25) is 25.7 Å². The number of nitro benzene ring substituents is 2. The zero-order valence-electron chi connectivity index (χ0n) is 12.3. The van der Waals surface area contributed by atoms with E-state index >= 15 is 0 Å². The highest BCUT2D eigenvalue weighted by Gasteiger charge is 2.19. The number of phenols is 1. The van der Waals surface area contributed by atoms with E-state index in [1.807, 2.05) is 0 Å². The van der Waals surface area contributed by atoms with Gasteiger partial charge in [0.05, 0.1) is 27.7 Å². The summed E-state index contributed by atoms with van der Waals surface area (Å²) in [6, 6.07) is 6.48. The van der Waals surface area contributed by atoms with Crippen LogP contribution in [0.15, 0.2) is 41.5 Å². The molecule has 2 aromatic rings. The molecule has 3 N–H and O–H groups in total. The first kappa shape index (κ1) is 17.3. The molecule has 2 rings (SSSR count). The lowest BCUT2D eigenvalue weighted by atomic mass is 10.1. The van der Waals surface area contributed by atoms with E-state index in [1.165, 1.54) is 12.1 Å². The molecule has 0 atom stereocenters. The molecule has 0 amide bonds. The predicted octanol–water partition coefficient (Wildman–Crippen LogP) is 2.35. The minimum Gasteiger partial charge on any atom is -0.507 e. The summed E-state index contributed by atoms with van der Waals surface area (Å²) in [5, 5.41) is 43.9. The van der Waals surface area contributed by atoms with Crippen molar-refractivity contribution in [3.05, 3.63) is 67.8 Å². The van der Waals surface area contributed by atoms with E-state index in [4.69, 9.17) is 5.11 Å². The van der Waals surface area contributed by atoms with E-state index in [0.29, 0.717) is 0 Å². The van der Waals surface area contributed by atoms with Crippen molar-refractivity contribution in [2.24, 2.45) is 5.10 Å². The lowest BCUT2D eigenvalue weighted by Crippen LogP contribution is -2.00. The Morgan fingerprint density at radius 1 is 1.12 bits per heavy atom. The van der Waals surface area contributed by atoms with E-state index in [1.54, 1.807) is 0 Å².